The van der Waals surface area contributed by atoms with E-state index in [2.05, 4.69) is 10.3 Å². The van der Waals surface area contributed by atoms with Gasteiger partial charge in [-0.1, -0.05) is 18.2 Å². The number of hydrogen-bond acceptors (Lipinski definition) is 3. The van der Waals surface area contributed by atoms with Gasteiger partial charge in [0.25, 0.3) is 5.91 Å². The summed E-state index contributed by atoms with van der Waals surface area (Å²) in [5.41, 5.74) is 7.44. The summed E-state index contributed by atoms with van der Waals surface area (Å²) in [4.78, 5) is 16.3. The standard InChI is InChI=1S/C15H18N4O/c16-13(11-6-7-11)8-18-15(20)14-9-17-10-19(14)12-4-2-1-3-5-12/h1-5,9-11,13H,6-8,16H2,(H,18,20). The quantitative estimate of drug-likeness (QED) is 0.861. The summed E-state index contributed by atoms with van der Waals surface area (Å²) in [6, 6.07) is 9.74. The molecule has 0 saturated heterocycles. The third-order valence-corrected chi connectivity index (χ3v) is 3.63. The van der Waals surface area contributed by atoms with E-state index >= 15 is 0 Å². The summed E-state index contributed by atoms with van der Waals surface area (Å²) in [6.07, 6.45) is 5.58. The zero-order valence-corrected chi connectivity index (χ0v) is 11.2. The van der Waals surface area contributed by atoms with E-state index in [1.807, 2.05) is 30.3 Å². The summed E-state index contributed by atoms with van der Waals surface area (Å²) < 4.78 is 1.78. The van der Waals surface area contributed by atoms with Crippen LogP contribution in [0.25, 0.3) is 5.69 Å². The molecule has 5 heteroatoms. The molecule has 1 aromatic heterocycles. The molecule has 1 heterocycles. The van der Waals surface area contributed by atoms with Gasteiger partial charge >= 0.3 is 0 Å². The van der Waals surface area contributed by atoms with Crippen LogP contribution in [0.15, 0.2) is 42.9 Å². The van der Waals surface area contributed by atoms with Gasteiger partial charge in [-0.3, -0.25) is 9.36 Å². The van der Waals surface area contributed by atoms with Gasteiger partial charge in [0.15, 0.2) is 0 Å². The number of nitrogens with two attached hydrogens (primary N) is 1. The lowest BCUT2D eigenvalue weighted by Crippen LogP contribution is -2.39. The van der Waals surface area contributed by atoms with Crippen LogP contribution in [0.2, 0.25) is 0 Å². The second-order valence-electron chi connectivity index (χ2n) is 5.20. The van der Waals surface area contributed by atoms with Crippen LogP contribution >= 0.6 is 0 Å². The fourth-order valence-electron chi connectivity index (χ4n) is 2.25. The molecule has 3 rings (SSSR count). The van der Waals surface area contributed by atoms with Gasteiger partial charge in [-0.25, -0.2) is 4.98 Å². The number of carbonyl (C=O) groups excluding carboxylic acids is 1. The van der Waals surface area contributed by atoms with E-state index in [0.717, 1.165) is 5.69 Å². The van der Waals surface area contributed by atoms with E-state index in [4.69, 9.17) is 5.73 Å². The second kappa shape index (κ2) is 5.46. The van der Waals surface area contributed by atoms with Crippen molar-refractivity contribution in [3.05, 3.63) is 48.5 Å². The van der Waals surface area contributed by atoms with Gasteiger partial charge in [-0.15, -0.1) is 0 Å². The zero-order chi connectivity index (χ0) is 13.9. The van der Waals surface area contributed by atoms with Crippen molar-refractivity contribution < 1.29 is 4.79 Å². The minimum absolute atomic E-state index is 0.0621. The molecule has 0 bridgehead atoms. The Bertz CT molecular complexity index is 589. The predicted molar refractivity (Wildman–Crippen MR) is 76.6 cm³/mol. The number of hydrogen-bond donors (Lipinski definition) is 2. The van der Waals surface area contributed by atoms with Crippen LogP contribution in [-0.2, 0) is 0 Å². The predicted octanol–water partition coefficient (Wildman–Crippen LogP) is 1.34. The number of benzene rings is 1. The van der Waals surface area contributed by atoms with Crippen LogP contribution in [0.1, 0.15) is 23.3 Å². The zero-order valence-electron chi connectivity index (χ0n) is 11.2. The number of imidazole rings is 1. The lowest BCUT2D eigenvalue weighted by Gasteiger charge is -2.12. The number of rotatable bonds is 5. The maximum Gasteiger partial charge on any atom is 0.269 e. The maximum atomic E-state index is 12.2. The molecule has 0 spiro atoms. The molecule has 1 aromatic carbocycles. The Balaban J connectivity index is 1.70. The summed E-state index contributed by atoms with van der Waals surface area (Å²) in [5, 5.41) is 2.89. The molecule has 0 aliphatic heterocycles. The number of aromatic nitrogens is 2. The molecule has 1 fully saturated rings. The number of nitrogens with one attached hydrogen (secondary N) is 1. The van der Waals surface area contributed by atoms with E-state index in [9.17, 15) is 4.79 Å². The van der Waals surface area contributed by atoms with Crippen molar-refractivity contribution in [3.8, 4) is 5.69 Å². The van der Waals surface area contributed by atoms with Crippen LogP contribution in [0, 0.1) is 5.92 Å². The Morgan fingerprint density at radius 2 is 2.15 bits per heavy atom. The largest absolute Gasteiger partial charge is 0.349 e. The Kier molecular flexibility index (Phi) is 3.52. The number of para-hydroxylation sites is 1. The summed E-state index contributed by atoms with van der Waals surface area (Å²) in [7, 11) is 0. The first kappa shape index (κ1) is 12.9. The molecule has 5 nitrogen and oxygen atoms in total. The Labute approximate surface area is 117 Å². The highest BCUT2D eigenvalue weighted by atomic mass is 16.1. The molecule has 2 aromatic rings. The molecule has 1 saturated carbocycles. The molecule has 104 valence electrons. The minimum atomic E-state index is -0.137. The molecular formula is C15H18N4O. The number of carbonyl (C=O) groups is 1. The first-order chi connectivity index (χ1) is 9.75. The topological polar surface area (TPSA) is 72.9 Å². The van der Waals surface area contributed by atoms with E-state index in [-0.39, 0.29) is 11.9 Å². The Morgan fingerprint density at radius 1 is 1.40 bits per heavy atom. The highest BCUT2D eigenvalue weighted by molar-refractivity contribution is 5.93. The fraction of sp³-hybridized carbons (Fsp3) is 0.333. The highest BCUT2D eigenvalue weighted by Gasteiger charge is 2.28. The number of amides is 1. The van der Waals surface area contributed by atoms with Crippen LogP contribution in [0.3, 0.4) is 0 Å². The summed E-state index contributed by atoms with van der Waals surface area (Å²) >= 11 is 0. The lowest BCUT2D eigenvalue weighted by atomic mass is 10.2. The SMILES string of the molecule is NC(CNC(=O)c1cncn1-c1ccccc1)C1CC1. The van der Waals surface area contributed by atoms with Crippen molar-refractivity contribution in [2.24, 2.45) is 11.7 Å². The highest BCUT2D eigenvalue weighted by Crippen LogP contribution is 2.31. The Hall–Kier alpha value is -2.14. The average molecular weight is 270 g/mol. The molecule has 20 heavy (non-hydrogen) atoms. The monoisotopic (exact) mass is 270 g/mol. The van der Waals surface area contributed by atoms with Crippen LogP contribution in [-0.4, -0.2) is 28.0 Å². The van der Waals surface area contributed by atoms with Crippen LogP contribution in [0.4, 0.5) is 0 Å². The molecular weight excluding hydrogens is 252 g/mol. The molecule has 0 radical (unpaired) electrons. The maximum absolute atomic E-state index is 12.2. The summed E-state index contributed by atoms with van der Waals surface area (Å²) in [5.74, 6) is 0.441. The van der Waals surface area contributed by atoms with Gasteiger partial charge in [0.1, 0.15) is 5.69 Å². The van der Waals surface area contributed by atoms with Crippen molar-refractivity contribution >= 4 is 5.91 Å². The van der Waals surface area contributed by atoms with Gasteiger partial charge < -0.3 is 11.1 Å². The average Bonchev–Trinajstić information content (AvgIpc) is 3.22. The normalized spacial score (nSPS) is 15.8. The molecule has 1 amide bonds. The van der Waals surface area contributed by atoms with E-state index < -0.39 is 0 Å². The lowest BCUT2D eigenvalue weighted by molar-refractivity contribution is 0.0943. The van der Waals surface area contributed by atoms with Crippen molar-refractivity contribution in [1.82, 2.24) is 14.9 Å². The van der Waals surface area contributed by atoms with Gasteiger partial charge in [0, 0.05) is 18.3 Å². The fourth-order valence-corrected chi connectivity index (χ4v) is 2.25. The van der Waals surface area contributed by atoms with E-state index in [1.54, 1.807) is 17.1 Å². The van der Waals surface area contributed by atoms with Gasteiger partial charge in [-0.2, -0.15) is 0 Å². The minimum Gasteiger partial charge on any atom is -0.349 e. The van der Waals surface area contributed by atoms with Crippen molar-refractivity contribution in [1.29, 1.82) is 0 Å². The second-order valence-corrected chi connectivity index (χ2v) is 5.20. The summed E-state index contributed by atoms with van der Waals surface area (Å²) in [6.45, 7) is 0.517. The van der Waals surface area contributed by atoms with Crippen molar-refractivity contribution in [2.75, 3.05) is 6.54 Å². The van der Waals surface area contributed by atoms with Crippen LogP contribution < -0.4 is 11.1 Å². The first-order valence-corrected chi connectivity index (χ1v) is 6.87. The third kappa shape index (κ3) is 2.72. The molecule has 1 atom stereocenters. The van der Waals surface area contributed by atoms with Crippen molar-refractivity contribution in [2.45, 2.75) is 18.9 Å². The Morgan fingerprint density at radius 3 is 2.85 bits per heavy atom. The number of nitrogens with zero attached hydrogens (tertiary/aromatic N) is 2. The van der Waals surface area contributed by atoms with Crippen molar-refractivity contribution in [3.63, 3.8) is 0 Å². The van der Waals surface area contributed by atoms with Gasteiger partial charge in [0.2, 0.25) is 0 Å². The molecule has 1 unspecified atom stereocenters. The van der Waals surface area contributed by atoms with Gasteiger partial charge in [0.05, 0.1) is 12.5 Å². The van der Waals surface area contributed by atoms with E-state index in [0.29, 0.717) is 18.2 Å². The van der Waals surface area contributed by atoms with Gasteiger partial charge in [-0.05, 0) is 30.9 Å². The third-order valence-electron chi connectivity index (χ3n) is 3.63. The molecule has 1 aliphatic carbocycles. The van der Waals surface area contributed by atoms with Crippen LogP contribution in [0.5, 0.6) is 0 Å². The molecule has 3 N–H and O–H groups in total. The smallest absolute Gasteiger partial charge is 0.269 e. The van der Waals surface area contributed by atoms with E-state index in [1.165, 1.54) is 12.8 Å². The first-order valence-electron chi connectivity index (χ1n) is 6.87. The molecule has 1 aliphatic rings.